The molecule has 0 unspecified atom stereocenters. The van der Waals surface area contributed by atoms with E-state index in [1.165, 1.54) is 0 Å². The monoisotopic (exact) mass is 373 g/mol. The van der Waals surface area contributed by atoms with Crippen molar-refractivity contribution in [2.75, 3.05) is 6.61 Å². The molecule has 0 aromatic carbocycles. The normalized spacial score (nSPS) is 27.5. The van der Waals surface area contributed by atoms with Gasteiger partial charge in [0.1, 0.15) is 12.7 Å². The van der Waals surface area contributed by atoms with Gasteiger partial charge in [0, 0.05) is 32.6 Å². The number of carbonyl (C=O) groups is 4. The molecule has 12 heteroatoms. The van der Waals surface area contributed by atoms with Gasteiger partial charge in [-0.3, -0.25) is 19.2 Å². The molecule has 0 amide bonds. The van der Waals surface area contributed by atoms with Crippen LogP contribution >= 0.6 is 0 Å². The molecule has 1 rings (SSSR count). The first-order valence-electron chi connectivity index (χ1n) is 7.50. The van der Waals surface area contributed by atoms with Crippen LogP contribution in [-0.2, 0) is 42.9 Å². The highest BCUT2D eigenvalue weighted by molar-refractivity contribution is 5.68. The zero-order chi connectivity index (χ0) is 19.9. The molecule has 0 aliphatic carbocycles. The maximum atomic E-state index is 11.5. The fourth-order valence-corrected chi connectivity index (χ4v) is 2.35. The second-order valence-electron chi connectivity index (χ2n) is 5.29. The molecule has 144 valence electrons. The number of rotatable bonds is 6. The summed E-state index contributed by atoms with van der Waals surface area (Å²) in [5.74, 6) is -2.92. The summed E-state index contributed by atoms with van der Waals surface area (Å²) in [6.45, 7) is 4.06. The SMILES string of the molecule is CC(=O)OC[C@@H]1O[C@@H](N=[N+]=[N-])[C@@H](OC(C)=O)[C@H](OC(C)=O)[C@H]1OC(C)=O. The third kappa shape index (κ3) is 6.22. The van der Waals surface area contributed by atoms with Gasteiger partial charge in [0.15, 0.2) is 24.5 Å². The quantitative estimate of drug-likeness (QED) is 0.210. The van der Waals surface area contributed by atoms with Crippen LogP contribution in [0.4, 0.5) is 0 Å². The number of hydrogen-bond acceptors (Lipinski definition) is 10. The van der Waals surface area contributed by atoms with Crippen LogP contribution in [0.3, 0.4) is 0 Å². The second kappa shape index (κ2) is 9.59. The third-order valence-corrected chi connectivity index (χ3v) is 3.13. The highest BCUT2D eigenvalue weighted by Gasteiger charge is 2.51. The summed E-state index contributed by atoms with van der Waals surface area (Å²) in [4.78, 5) is 48.0. The Hall–Kier alpha value is -2.85. The van der Waals surface area contributed by atoms with Gasteiger partial charge in [-0.15, -0.1) is 0 Å². The summed E-state index contributed by atoms with van der Waals surface area (Å²) in [6.07, 6.45) is -6.52. The number of nitrogens with zero attached hydrogens (tertiary/aromatic N) is 3. The number of hydrogen-bond donors (Lipinski definition) is 0. The molecule has 0 N–H and O–H groups in total. The van der Waals surface area contributed by atoms with Gasteiger partial charge in [0.25, 0.3) is 0 Å². The van der Waals surface area contributed by atoms with Crippen molar-refractivity contribution >= 4 is 23.9 Å². The van der Waals surface area contributed by atoms with E-state index < -0.39 is 54.5 Å². The standard InChI is InChI=1S/C14H19N3O9/c1-6(18)22-5-10-11(23-7(2)19)12(24-8(3)20)13(25-9(4)21)14(26-10)16-17-15/h10-14H,5H2,1-4H3/t10-,11-,12+,13-,14+/m0/s1. The first kappa shape index (κ1) is 21.2. The summed E-state index contributed by atoms with van der Waals surface area (Å²) in [5.41, 5.74) is 8.71. The average Bonchev–Trinajstić information content (AvgIpc) is 2.50. The molecular weight excluding hydrogens is 354 g/mol. The van der Waals surface area contributed by atoms with Gasteiger partial charge in [-0.2, -0.15) is 0 Å². The molecule has 26 heavy (non-hydrogen) atoms. The van der Waals surface area contributed by atoms with E-state index in [-0.39, 0.29) is 6.61 Å². The van der Waals surface area contributed by atoms with Crippen LogP contribution in [-0.4, -0.2) is 61.1 Å². The smallest absolute Gasteiger partial charge is 0.303 e. The van der Waals surface area contributed by atoms with Crippen LogP contribution in [0.5, 0.6) is 0 Å². The van der Waals surface area contributed by atoms with Gasteiger partial charge in [0.05, 0.1) is 0 Å². The predicted molar refractivity (Wildman–Crippen MR) is 81.1 cm³/mol. The van der Waals surface area contributed by atoms with Crippen LogP contribution in [0, 0.1) is 0 Å². The molecule has 1 heterocycles. The molecule has 0 aromatic heterocycles. The van der Waals surface area contributed by atoms with E-state index in [2.05, 4.69) is 10.0 Å². The van der Waals surface area contributed by atoms with E-state index in [9.17, 15) is 19.2 Å². The second-order valence-corrected chi connectivity index (χ2v) is 5.29. The minimum Gasteiger partial charge on any atom is -0.463 e. The molecular formula is C14H19N3O9. The Kier molecular flexibility index (Phi) is 7.81. The fourth-order valence-electron chi connectivity index (χ4n) is 2.35. The Morgan fingerprint density at radius 2 is 1.38 bits per heavy atom. The van der Waals surface area contributed by atoms with Crippen LogP contribution in [0.2, 0.25) is 0 Å². The topological polar surface area (TPSA) is 163 Å². The molecule has 12 nitrogen and oxygen atoms in total. The lowest BCUT2D eigenvalue weighted by atomic mass is 9.97. The number of carbonyl (C=O) groups excluding carboxylic acids is 4. The predicted octanol–water partition coefficient (Wildman–Crippen LogP) is 0.380. The van der Waals surface area contributed by atoms with Crippen molar-refractivity contribution in [1.82, 2.24) is 0 Å². The van der Waals surface area contributed by atoms with Crippen molar-refractivity contribution in [3.63, 3.8) is 0 Å². The number of azide groups is 1. The Bertz CT molecular complexity index is 617. The minimum atomic E-state index is -1.40. The van der Waals surface area contributed by atoms with Crippen molar-refractivity contribution < 1.29 is 42.9 Å². The van der Waals surface area contributed by atoms with Gasteiger partial charge in [-0.05, 0) is 5.53 Å². The average molecular weight is 373 g/mol. The lowest BCUT2D eigenvalue weighted by Gasteiger charge is -2.43. The Morgan fingerprint density at radius 1 is 0.885 bits per heavy atom. The zero-order valence-corrected chi connectivity index (χ0v) is 14.6. The van der Waals surface area contributed by atoms with Crippen molar-refractivity contribution in [2.24, 2.45) is 5.11 Å². The summed E-state index contributed by atoms with van der Waals surface area (Å²) >= 11 is 0. The van der Waals surface area contributed by atoms with Crippen LogP contribution in [0.1, 0.15) is 27.7 Å². The van der Waals surface area contributed by atoms with Crippen LogP contribution in [0.15, 0.2) is 5.11 Å². The lowest BCUT2D eigenvalue weighted by molar-refractivity contribution is -0.251. The lowest BCUT2D eigenvalue weighted by Crippen LogP contribution is -2.61. The largest absolute Gasteiger partial charge is 0.463 e. The first-order valence-corrected chi connectivity index (χ1v) is 7.50. The first-order chi connectivity index (χ1) is 12.1. The fraction of sp³-hybridized carbons (Fsp3) is 0.714. The van der Waals surface area contributed by atoms with Gasteiger partial charge in [0.2, 0.25) is 0 Å². The molecule has 0 saturated carbocycles. The van der Waals surface area contributed by atoms with E-state index in [1.54, 1.807) is 0 Å². The molecule has 1 saturated heterocycles. The third-order valence-electron chi connectivity index (χ3n) is 3.13. The Morgan fingerprint density at radius 3 is 1.85 bits per heavy atom. The Labute approximate surface area is 148 Å². The van der Waals surface area contributed by atoms with E-state index in [0.717, 1.165) is 27.7 Å². The number of esters is 4. The molecule has 5 atom stereocenters. The maximum Gasteiger partial charge on any atom is 0.303 e. The van der Waals surface area contributed by atoms with Crippen molar-refractivity contribution in [3.05, 3.63) is 10.4 Å². The van der Waals surface area contributed by atoms with Crippen molar-refractivity contribution in [3.8, 4) is 0 Å². The van der Waals surface area contributed by atoms with Crippen molar-refractivity contribution in [2.45, 2.75) is 58.3 Å². The maximum absolute atomic E-state index is 11.5. The number of ether oxygens (including phenoxy) is 5. The van der Waals surface area contributed by atoms with E-state index >= 15 is 0 Å². The van der Waals surface area contributed by atoms with Crippen LogP contribution in [0.25, 0.3) is 10.4 Å². The highest BCUT2D eigenvalue weighted by atomic mass is 16.7. The van der Waals surface area contributed by atoms with Crippen molar-refractivity contribution in [1.29, 1.82) is 0 Å². The molecule has 0 bridgehead atoms. The summed E-state index contributed by atoms with van der Waals surface area (Å²) in [5, 5.41) is 3.38. The molecule has 0 spiro atoms. The molecule has 1 fully saturated rings. The van der Waals surface area contributed by atoms with Gasteiger partial charge in [-0.25, -0.2) is 0 Å². The van der Waals surface area contributed by atoms with E-state index in [4.69, 9.17) is 29.2 Å². The van der Waals surface area contributed by atoms with Crippen LogP contribution < -0.4 is 0 Å². The molecule has 0 radical (unpaired) electrons. The van der Waals surface area contributed by atoms with E-state index in [0.29, 0.717) is 0 Å². The Balaban J connectivity index is 3.28. The zero-order valence-electron chi connectivity index (χ0n) is 14.6. The molecule has 1 aliphatic rings. The summed E-state index contributed by atoms with van der Waals surface area (Å²) in [7, 11) is 0. The van der Waals surface area contributed by atoms with Gasteiger partial charge < -0.3 is 23.7 Å². The summed E-state index contributed by atoms with van der Waals surface area (Å²) in [6, 6.07) is 0. The highest BCUT2D eigenvalue weighted by Crippen LogP contribution is 2.29. The van der Waals surface area contributed by atoms with Gasteiger partial charge in [-0.1, -0.05) is 5.11 Å². The minimum absolute atomic E-state index is 0.380. The molecule has 1 aliphatic heterocycles. The van der Waals surface area contributed by atoms with Gasteiger partial charge >= 0.3 is 23.9 Å². The summed E-state index contributed by atoms with van der Waals surface area (Å²) < 4.78 is 25.6. The van der Waals surface area contributed by atoms with E-state index in [1.807, 2.05) is 0 Å². The molecule has 0 aromatic rings.